The van der Waals surface area contributed by atoms with E-state index in [-0.39, 0.29) is 6.61 Å². The molecule has 3 rings (SSSR count). The molecular weight excluding hydrogens is 528 g/mol. The molecule has 8 heteroatoms. The number of nitrogens with one attached hydrogen (secondary N) is 1. The Morgan fingerprint density at radius 3 is 2.35 bits per heavy atom. The van der Waals surface area contributed by atoms with Gasteiger partial charge in [0.05, 0.1) is 11.8 Å². The van der Waals surface area contributed by atoms with Crippen molar-refractivity contribution < 1.29 is 19.1 Å². The third kappa shape index (κ3) is 7.04. The van der Waals surface area contributed by atoms with Gasteiger partial charge in [-0.25, -0.2) is 10.2 Å². The minimum Gasteiger partial charge on any atom is -0.484 e. The van der Waals surface area contributed by atoms with E-state index < -0.39 is 11.9 Å². The molecule has 0 aliphatic heterocycles. The molecule has 0 saturated carbocycles. The summed E-state index contributed by atoms with van der Waals surface area (Å²) in [5.74, 6) is -0.0196. The van der Waals surface area contributed by atoms with Crippen molar-refractivity contribution in [3.8, 4) is 11.5 Å². The first-order valence-electron chi connectivity index (χ1n) is 9.19. The fourth-order valence-corrected chi connectivity index (χ4v) is 3.09. The number of amides is 1. The van der Waals surface area contributed by atoms with Crippen LogP contribution < -0.4 is 14.9 Å². The summed E-state index contributed by atoms with van der Waals surface area (Å²) < 4.78 is 12.6. The van der Waals surface area contributed by atoms with Gasteiger partial charge < -0.3 is 9.47 Å². The quantitative estimate of drug-likeness (QED) is 0.190. The normalized spacial score (nSPS) is 10.7. The van der Waals surface area contributed by atoms with Gasteiger partial charge in [0.25, 0.3) is 5.91 Å². The molecule has 0 aromatic heterocycles. The lowest BCUT2D eigenvalue weighted by molar-refractivity contribution is -0.123. The highest BCUT2D eigenvalue weighted by molar-refractivity contribution is 9.10. The molecule has 3 aromatic carbocycles. The van der Waals surface area contributed by atoms with Crippen molar-refractivity contribution in [1.82, 2.24) is 5.43 Å². The Kier molecular flexibility index (Phi) is 7.97. The maximum absolute atomic E-state index is 12.4. The second-order valence-corrected chi connectivity index (χ2v) is 8.30. The van der Waals surface area contributed by atoms with Crippen molar-refractivity contribution in [3.05, 3.63) is 92.4 Å². The smallest absolute Gasteiger partial charge is 0.343 e. The first kappa shape index (κ1) is 22.7. The number of hydrazone groups is 1. The first-order chi connectivity index (χ1) is 14.9. The van der Waals surface area contributed by atoms with Crippen molar-refractivity contribution in [2.75, 3.05) is 6.61 Å². The summed E-state index contributed by atoms with van der Waals surface area (Å²) in [6.07, 6.45) is 1.40. The molecule has 158 valence electrons. The number of hydrogen-bond donors (Lipinski definition) is 1. The molecule has 0 fully saturated rings. The lowest BCUT2D eigenvalue weighted by Crippen LogP contribution is -2.24. The fraction of sp³-hybridized carbons (Fsp3) is 0.0870. The largest absolute Gasteiger partial charge is 0.484 e. The summed E-state index contributed by atoms with van der Waals surface area (Å²) in [7, 11) is 0. The molecule has 0 heterocycles. The van der Waals surface area contributed by atoms with E-state index in [2.05, 4.69) is 42.4 Å². The predicted molar refractivity (Wildman–Crippen MR) is 126 cm³/mol. The van der Waals surface area contributed by atoms with Crippen LogP contribution >= 0.6 is 31.9 Å². The van der Waals surface area contributed by atoms with Crippen LogP contribution in [0.5, 0.6) is 11.5 Å². The molecule has 0 atom stereocenters. The number of aryl methyl sites for hydroxylation is 1. The SMILES string of the molecule is Cc1ccc(C(=O)Oc2ccc(Br)cc2/C=N/NC(=O)COc2ccc(Br)cc2)cc1. The molecular formula is C23H18Br2N2O4. The van der Waals surface area contributed by atoms with Crippen LogP contribution in [-0.4, -0.2) is 24.7 Å². The van der Waals surface area contributed by atoms with E-state index in [1.807, 2.05) is 31.2 Å². The molecule has 0 saturated heterocycles. The Balaban J connectivity index is 1.61. The zero-order valence-corrected chi connectivity index (χ0v) is 19.6. The predicted octanol–water partition coefficient (Wildman–Crippen LogP) is 5.27. The zero-order chi connectivity index (χ0) is 22.2. The van der Waals surface area contributed by atoms with Crippen molar-refractivity contribution in [2.24, 2.45) is 5.10 Å². The highest BCUT2D eigenvalue weighted by Gasteiger charge is 2.11. The molecule has 1 N–H and O–H groups in total. The van der Waals surface area contributed by atoms with Gasteiger partial charge >= 0.3 is 5.97 Å². The van der Waals surface area contributed by atoms with Crippen LogP contribution in [0.3, 0.4) is 0 Å². The van der Waals surface area contributed by atoms with Crippen LogP contribution in [0.15, 0.2) is 80.8 Å². The molecule has 0 unspecified atom stereocenters. The summed E-state index contributed by atoms with van der Waals surface area (Å²) in [6.45, 7) is 1.75. The van der Waals surface area contributed by atoms with Crippen LogP contribution in [0.1, 0.15) is 21.5 Å². The van der Waals surface area contributed by atoms with Gasteiger partial charge in [0.15, 0.2) is 6.61 Å². The van der Waals surface area contributed by atoms with Gasteiger partial charge in [0.1, 0.15) is 11.5 Å². The average Bonchev–Trinajstić information content (AvgIpc) is 2.75. The van der Waals surface area contributed by atoms with Gasteiger partial charge in [-0.3, -0.25) is 4.79 Å². The molecule has 0 bridgehead atoms. The number of carbonyl (C=O) groups excluding carboxylic acids is 2. The number of rotatable bonds is 7. The van der Waals surface area contributed by atoms with Gasteiger partial charge in [-0.15, -0.1) is 0 Å². The maximum atomic E-state index is 12.4. The fourth-order valence-electron chi connectivity index (χ4n) is 2.45. The van der Waals surface area contributed by atoms with E-state index in [1.165, 1.54) is 6.21 Å². The van der Waals surface area contributed by atoms with Crippen molar-refractivity contribution >= 4 is 50.0 Å². The Morgan fingerprint density at radius 2 is 1.65 bits per heavy atom. The van der Waals surface area contributed by atoms with Gasteiger partial charge in [0, 0.05) is 14.5 Å². The van der Waals surface area contributed by atoms with Crippen LogP contribution in [0.25, 0.3) is 0 Å². The summed E-state index contributed by atoms with van der Waals surface area (Å²) in [4.78, 5) is 24.4. The molecule has 0 aliphatic rings. The first-order valence-corrected chi connectivity index (χ1v) is 10.8. The maximum Gasteiger partial charge on any atom is 0.343 e. The Bertz CT molecular complexity index is 1100. The van der Waals surface area contributed by atoms with Crippen molar-refractivity contribution in [2.45, 2.75) is 6.92 Å². The summed E-state index contributed by atoms with van der Waals surface area (Å²) in [5, 5.41) is 3.94. The van der Waals surface area contributed by atoms with Crippen LogP contribution in [0.4, 0.5) is 0 Å². The van der Waals surface area contributed by atoms with Crippen LogP contribution in [0, 0.1) is 6.92 Å². The molecule has 0 aliphatic carbocycles. The Labute approximate surface area is 196 Å². The third-order valence-electron chi connectivity index (χ3n) is 4.04. The minimum absolute atomic E-state index is 0.188. The molecule has 6 nitrogen and oxygen atoms in total. The molecule has 0 radical (unpaired) electrons. The van der Waals surface area contributed by atoms with Gasteiger partial charge in [0.2, 0.25) is 0 Å². The second kappa shape index (κ2) is 10.9. The standard InChI is InChI=1S/C23H18Br2N2O4/c1-15-2-4-16(5-3-15)23(29)31-21-11-8-19(25)12-17(21)13-26-27-22(28)14-30-20-9-6-18(24)7-10-20/h2-13H,14H2,1H3,(H,27,28)/b26-13+. The van der Waals surface area contributed by atoms with Crippen LogP contribution in [-0.2, 0) is 4.79 Å². The average molecular weight is 546 g/mol. The number of carbonyl (C=O) groups is 2. The highest BCUT2D eigenvalue weighted by Crippen LogP contribution is 2.23. The Morgan fingerprint density at radius 1 is 0.968 bits per heavy atom. The molecule has 3 aromatic rings. The van der Waals surface area contributed by atoms with Crippen molar-refractivity contribution in [1.29, 1.82) is 0 Å². The summed E-state index contributed by atoms with van der Waals surface area (Å²) >= 11 is 6.71. The topological polar surface area (TPSA) is 77.0 Å². The van der Waals surface area contributed by atoms with E-state index in [9.17, 15) is 9.59 Å². The molecule has 1 amide bonds. The van der Waals surface area contributed by atoms with Gasteiger partial charge in [-0.05, 0) is 61.5 Å². The lowest BCUT2D eigenvalue weighted by Gasteiger charge is -2.08. The molecule has 31 heavy (non-hydrogen) atoms. The minimum atomic E-state index is -0.482. The van der Waals surface area contributed by atoms with E-state index in [4.69, 9.17) is 9.47 Å². The monoisotopic (exact) mass is 544 g/mol. The zero-order valence-electron chi connectivity index (χ0n) is 16.5. The van der Waals surface area contributed by atoms with E-state index >= 15 is 0 Å². The number of ether oxygens (including phenoxy) is 2. The van der Waals surface area contributed by atoms with Gasteiger partial charge in [-0.1, -0.05) is 49.6 Å². The highest BCUT2D eigenvalue weighted by atomic mass is 79.9. The number of halogens is 2. The third-order valence-corrected chi connectivity index (χ3v) is 5.06. The number of nitrogens with zero attached hydrogens (tertiary/aromatic N) is 1. The second-order valence-electron chi connectivity index (χ2n) is 6.47. The van der Waals surface area contributed by atoms with Crippen molar-refractivity contribution in [3.63, 3.8) is 0 Å². The van der Waals surface area contributed by atoms with E-state index in [1.54, 1.807) is 42.5 Å². The van der Waals surface area contributed by atoms with E-state index in [0.29, 0.717) is 22.6 Å². The molecule has 0 spiro atoms. The van der Waals surface area contributed by atoms with E-state index in [0.717, 1.165) is 14.5 Å². The summed E-state index contributed by atoms with van der Waals surface area (Å²) in [5.41, 5.74) is 4.40. The number of esters is 1. The summed E-state index contributed by atoms with van der Waals surface area (Å²) in [6, 6.07) is 19.3. The number of benzene rings is 3. The number of hydrogen-bond acceptors (Lipinski definition) is 5. The lowest BCUT2D eigenvalue weighted by atomic mass is 10.1. The Hall–Kier alpha value is -2.97. The van der Waals surface area contributed by atoms with Gasteiger partial charge in [-0.2, -0.15) is 5.10 Å². The van der Waals surface area contributed by atoms with Crippen LogP contribution in [0.2, 0.25) is 0 Å².